The standard InChI is InChI=1S/C20H21FN4O4/c1-29-19-5-3-14(11-23-19)25-18(26)6-7-22-17(20(27)28)10-15-9-12-8-13(21)2-4-16(12)24-15/h2-5,8,11,17,22H,6-7,9-10H2,1H3,(H,25,26)(H,27,28)/t17-/m1/s1. The molecule has 3 N–H and O–H groups in total. The first-order valence-electron chi connectivity index (χ1n) is 9.05. The molecule has 2 aromatic rings. The number of carboxylic acids is 1. The molecule has 1 atom stereocenters. The molecule has 152 valence electrons. The van der Waals surface area contributed by atoms with Gasteiger partial charge in [0.05, 0.1) is 24.7 Å². The molecule has 0 radical (unpaired) electrons. The summed E-state index contributed by atoms with van der Waals surface area (Å²) in [5.41, 5.74) is 2.60. The quantitative estimate of drug-likeness (QED) is 0.595. The summed E-state index contributed by atoms with van der Waals surface area (Å²) in [4.78, 5) is 31.9. The van der Waals surface area contributed by atoms with Gasteiger partial charge in [0.1, 0.15) is 11.9 Å². The Morgan fingerprint density at radius 2 is 2.14 bits per heavy atom. The van der Waals surface area contributed by atoms with Gasteiger partial charge in [-0.3, -0.25) is 14.6 Å². The van der Waals surface area contributed by atoms with Crippen molar-refractivity contribution < 1.29 is 23.8 Å². The van der Waals surface area contributed by atoms with Crippen LogP contribution in [0.1, 0.15) is 18.4 Å². The van der Waals surface area contributed by atoms with Crippen molar-refractivity contribution in [3.05, 3.63) is 47.9 Å². The van der Waals surface area contributed by atoms with E-state index in [1.807, 2.05) is 0 Å². The summed E-state index contributed by atoms with van der Waals surface area (Å²) < 4.78 is 18.3. The fourth-order valence-corrected chi connectivity index (χ4v) is 2.99. The molecule has 0 spiro atoms. The first-order chi connectivity index (χ1) is 13.9. The smallest absolute Gasteiger partial charge is 0.321 e. The van der Waals surface area contributed by atoms with Gasteiger partial charge in [0, 0.05) is 37.6 Å². The molecule has 0 aliphatic carbocycles. The lowest BCUT2D eigenvalue weighted by Gasteiger charge is -2.14. The summed E-state index contributed by atoms with van der Waals surface area (Å²) in [6.07, 6.45) is 2.16. The third kappa shape index (κ3) is 5.58. The number of anilines is 1. The number of hydrogen-bond donors (Lipinski definition) is 3. The number of amides is 1. The summed E-state index contributed by atoms with van der Waals surface area (Å²) in [5, 5.41) is 15.0. The summed E-state index contributed by atoms with van der Waals surface area (Å²) >= 11 is 0. The maximum Gasteiger partial charge on any atom is 0.321 e. The van der Waals surface area contributed by atoms with E-state index >= 15 is 0 Å². The lowest BCUT2D eigenvalue weighted by atomic mass is 10.0. The number of fused-ring (bicyclic) bond motifs is 1. The van der Waals surface area contributed by atoms with Crippen molar-refractivity contribution in [1.29, 1.82) is 0 Å². The van der Waals surface area contributed by atoms with E-state index in [9.17, 15) is 19.1 Å². The Kier molecular flexibility index (Phi) is 6.50. The van der Waals surface area contributed by atoms with Crippen LogP contribution in [0.4, 0.5) is 15.8 Å². The number of aromatic nitrogens is 1. The zero-order valence-electron chi connectivity index (χ0n) is 15.8. The van der Waals surface area contributed by atoms with Crippen molar-refractivity contribution >= 4 is 29.0 Å². The van der Waals surface area contributed by atoms with E-state index in [-0.39, 0.29) is 31.1 Å². The maximum absolute atomic E-state index is 13.3. The molecule has 1 aliphatic rings. The van der Waals surface area contributed by atoms with Crippen LogP contribution in [-0.4, -0.2) is 47.4 Å². The third-order valence-corrected chi connectivity index (χ3v) is 4.42. The van der Waals surface area contributed by atoms with Crippen molar-refractivity contribution in [2.75, 3.05) is 19.0 Å². The lowest BCUT2D eigenvalue weighted by molar-refractivity contribution is -0.139. The number of aliphatic carboxylic acids is 1. The van der Waals surface area contributed by atoms with Crippen LogP contribution in [0, 0.1) is 5.82 Å². The van der Waals surface area contributed by atoms with Crippen molar-refractivity contribution in [2.24, 2.45) is 4.99 Å². The highest BCUT2D eigenvalue weighted by atomic mass is 19.1. The molecule has 0 fully saturated rings. The Hall–Kier alpha value is -3.33. The van der Waals surface area contributed by atoms with Crippen molar-refractivity contribution in [2.45, 2.75) is 25.3 Å². The predicted octanol–water partition coefficient (Wildman–Crippen LogP) is 2.32. The SMILES string of the molecule is COc1ccc(NC(=O)CCN[C@H](CC2=Nc3ccc(F)cc3C2)C(=O)O)cn1. The molecular weight excluding hydrogens is 379 g/mol. The topological polar surface area (TPSA) is 113 Å². The zero-order chi connectivity index (χ0) is 20.8. The van der Waals surface area contributed by atoms with Crippen LogP contribution in [0.15, 0.2) is 41.5 Å². The third-order valence-electron chi connectivity index (χ3n) is 4.42. The summed E-state index contributed by atoms with van der Waals surface area (Å²) in [5.74, 6) is -1.20. The zero-order valence-corrected chi connectivity index (χ0v) is 15.8. The number of carboxylic acid groups (broad SMARTS) is 1. The Balaban J connectivity index is 1.47. The average Bonchev–Trinajstić information content (AvgIpc) is 3.09. The Morgan fingerprint density at radius 3 is 2.83 bits per heavy atom. The number of halogens is 1. The second-order valence-corrected chi connectivity index (χ2v) is 6.56. The molecule has 3 rings (SSSR count). The van der Waals surface area contributed by atoms with Crippen LogP contribution in [0.25, 0.3) is 0 Å². The first-order valence-corrected chi connectivity index (χ1v) is 9.05. The number of nitrogens with zero attached hydrogens (tertiary/aromatic N) is 2. The number of benzene rings is 1. The number of methoxy groups -OCH3 is 1. The van der Waals surface area contributed by atoms with Gasteiger partial charge in [0.15, 0.2) is 0 Å². The molecule has 29 heavy (non-hydrogen) atoms. The van der Waals surface area contributed by atoms with Crippen LogP contribution < -0.4 is 15.4 Å². The summed E-state index contributed by atoms with van der Waals surface area (Å²) in [6, 6.07) is 6.72. The molecule has 0 unspecified atom stereocenters. The molecular formula is C20H21FN4O4. The number of aliphatic imine (C=N–C) groups is 1. The maximum atomic E-state index is 13.3. The van der Waals surface area contributed by atoms with E-state index in [0.717, 1.165) is 5.56 Å². The van der Waals surface area contributed by atoms with Gasteiger partial charge in [-0.1, -0.05) is 0 Å². The van der Waals surface area contributed by atoms with E-state index < -0.39 is 12.0 Å². The van der Waals surface area contributed by atoms with Crippen LogP contribution in [0.5, 0.6) is 5.88 Å². The van der Waals surface area contributed by atoms with E-state index in [4.69, 9.17) is 4.74 Å². The Bertz CT molecular complexity index is 931. The minimum absolute atomic E-state index is 0.0910. The van der Waals surface area contributed by atoms with Gasteiger partial charge in [-0.25, -0.2) is 9.37 Å². The minimum Gasteiger partial charge on any atom is -0.481 e. The van der Waals surface area contributed by atoms with Crippen LogP contribution in [-0.2, 0) is 16.0 Å². The molecule has 0 saturated carbocycles. The van der Waals surface area contributed by atoms with E-state index in [1.165, 1.54) is 25.4 Å². The molecule has 0 bridgehead atoms. The largest absolute Gasteiger partial charge is 0.481 e. The average molecular weight is 400 g/mol. The van der Waals surface area contributed by atoms with Crippen molar-refractivity contribution in [3.8, 4) is 5.88 Å². The van der Waals surface area contributed by atoms with Gasteiger partial charge in [-0.15, -0.1) is 0 Å². The molecule has 8 nitrogen and oxygen atoms in total. The molecule has 2 heterocycles. The molecule has 0 saturated heterocycles. The second-order valence-electron chi connectivity index (χ2n) is 6.56. The Labute approximate surface area is 166 Å². The predicted molar refractivity (Wildman–Crippen MR) is 105 cm³/mol. The Morgan fingerprint density at radius 1 is 1.31 bits per heavy atom. The highest BCUT2D eigenvalue weighted by Gasteiger charge is 2.23. The molecule has 9 heteroatoms. The lowest BCUT2D eigenvalue weighted by Crippen LogP contribution is -2.40. The number of hydrogen-bond acceptors (Lipinski definition) is 6. The first kappa shape index (κ1) is 20.4. The number of pyridine rings is 1. The summed E-state index contributed by atoms with van der Waals surface area (Å²) in [6.45, 7) is 0.182. The number of nitrogens with one attached hydrogen (secondary N) is 2. The van der Waals surface area contributed by atoms with Crippen LogP contribution in [0.2, 0.25) is 0 Å². The number of ether oxygens (including phenoxy) is 1. The fourth-order valence-electron chi connectivity index (χ4n) is 2.99. The molecule has 1 aliphatic heterocycles. The van der Waals surface area contributed by atoms with Gasteiger partial charge >= 0.3 is 5.97 Å². The van der Waals surface area contributed by atoms with Gasteiger partial charge in [0.2, 0.25) is 11.8 Å². The monoisotopic (exact) mass is 400 g/mol. The molecule has 1 aromatic heterocycles. The number of rotatable bonds is 9. The van der Waals surface area contributed by atoms with Crippen molar-refractivity contribution in [3.63, 3.8) is 0 Å². The number of carbonyl (C=O) groups is 2. The molecule has 1 aromatic carbocycles. The fraction of sp³-hybridized carbons (Fsp3) is 0.300. The van der Waals surface area contributed by atoms with E-state index in [1.54, 1.807) is 18.2 Å². The normalized spacial score (nSPS) is 13.4. The highest BCUT2D eigenvalue weighted by Crippen LogP contribution is 2.28. The molecule has 1 amide bonds. The van der Waals surface area contributed by atoms with Crippen LogP contribution >= 0.6 is 0 Å². The number of carbonyl (C=O) groups excluding carboxylic acids is 1. The van der Waals surface area contributed by atoms with Gasteiger partial charge in [-0.2, -0.15) is 0 Å². The van der Waals surface area contributed by atoms with E-state index in [2.05, 4.69) is 20.6 Å². The van der Waals surface area contributed by atoms with E-state index in [0.29, 0.717) is 29.4 Å². The van der Waals surface area contributed by atoms with Gasteiger partial charge in [0.25, 0.3) is 0 Å². The highest BCUT2D eigenvalue weighted by molar-refractivity contribution is 5.96. The minimum atomic E-state index is -1.03. The van der Waals surface area contributed by atoms with Crippen LogP contribution in [0.3, 0.4) is 0 Å². The van der Waals surface area contributed by atoms with Crippen molar-refractivity contribution in [1.82, 2.24) is 10.3 Å². The second kappa shape index (κ2) is 9.24. The summed E-state index contributed by atoms with van der Waals surface area (Å²) in [7, 11) is 1.50. The van der Waals surface area contributed by atoms with Gasteiger partial charge in [-0.05, 0) is 29.8 Å². The van der Waals surface area contributed by atoms with Gasteiger partial charge < -0.3 is 20.5 Å².